The Morgan fingerprint density at radius 1 is 1.30 bits per heavy atom. The molecule has 5 nitrogen and oxygen atoms in total. The standard InChI is InChI=1S/C20H22N2O3S2/c1-5-25-20(24)18-13(4)16(11-21)19(27-18)22-17(23)10-14-6-8-15(9-7-14)26-12(2)3/h6-9,12H,5,10H2,1-4H3,(H,22,23). The van der Waals surface area contributed by atoms with Gasteiger partial charge in [0.25, 0.3) is 0 Å². The number of carbonyl (C=O) groups excluding carboxylic acids is 2. The van der Waals surface area contributed by atoms with E-state index in [4.69, 9.17) is 4.74 Å². The molecule has 2 aromatic rings. The summed E-state index contributed by atoms with van der Waals surface area (Å²) in [6, 6.07) is 9.93. The average molecular weight is 403 g/mol. The number of amides is 1. The number of carbonyl (C=O) groups is 2. The number of hydrogen-bond acceptors (Lipinski definition) is 6. The fraction of sp³-hybridized carbons (Fsp3) is 0.350. The summed E-state index contributed by atoms with van der Waals surface area (Å²) in [4.78, 5) is 25.9. The monoisotopic (exact) mass is 402 g/mol. The van der Waals surface area contributed by atoms with E-state index in [0.29, 0.717) is 26.3 Å². The van der Waals surface area contributed by atoms with Crippen molar-refractivity contribution in [3.8, 4) is 6.07 Å². The third-order valence-electron chi connectivity index (χ3n) is 3.63. The van der Waals surface area contributed by atoms with E-state index >= 15 is 0 Å². The Morgan fingerprint density at radius 2 is 1.96 bits per heavy atom. The van der Waals surface area contributed by atoms with Gasteiger partial charge in [-0.05, 0) is 37.1 Å². The zero-order chi connectivity index (χ0) is 20.0. The van der Waals surface area contributed by atoms with Gasteiger partial charge in [-0.3, -0.25) is 4.79 Å². The van der Waals surface area contributed by atoms with E-state index in [1.165, 1.54) is 0 Å². The van der Waals surface area contributed by atoms with E-state index in [1.54, 1.807) is 25.6 Å². The van der Waals surface area contributed by atoms with Gasteiger partial charge in [-0.2, -0.15) is 5.26 Å². The van der Waals surface area contributed by atoms with Crippen LogP contribution >= 0.6 is 23.1 Å². The number of benzene rings is 1. The lowest BCUT2D eigenvalue weighted by Crippen LogP contribution is -2.14. The fourth-order valence-corrected chi connectivity index (χ4v) is 4.35. The van der Waals surface area contributed by atoms with Crippen molar-refractivity contribution in [3.63, 3.8) is 0 Å². The molecule has 1 aromatic heterocycles. The van der Waals surface area contributed by atoms with Gasteiger partial charge in [-0.25, -0.2) is 4.79 Å². The topological polar surface area (TPSA) is 79.2 Å². The number of nitriles is 1. The van der Waals surface area contributed by atoms with Gasteiger partial charge in [0.1, 0.15) is 15.9 Å². The summed E-state index contributed by atoms with van der Waals surface area (Å²) < 4.78 is 5.01. The van der Waals surface area contributed by atoms with Gasteiger partial charge in [-0.15, -0.1) is 23.1 Å². The molecule has 0 aliphatic heterocycles. The lowest BCUT2D eigenvalue weighted by atomic mass is 10.1. The normalized spacial score (nSPS) is 10.5. The molecule has 0 spiro atoms. The third kappa shape index (κ3) is 5.59. The summed E-state index contributed by atoms with van der Waals surface area (Å²) in [7, 11) is 0. The molecule has 0 unspecified atom stereocenters. The van der Waals surface area contributed by atoms with Crippen LogP contribution in [-0.2, 0) is 16.0 Å². The van der Waals surface area contributed by atoms with Crippen LogP contribution in [0, 0.1) is 18.3 Å². The van der Waals surface area contributed by atoms with Crippen molar-refractivity contribution in [2.24, 2.45) is 0 Å². The predicted molar refractivity (Wildman–Crippen MR) is 109 cm³/mol. The average Bonchev–Trinajstić information content (AvgIpc) is 2.91. The Labute approximate surface area is 167 Å². The lowest BCUT2D eigenvalue weighted by Gasteiger charge is -2.07. The summed E-state index contributed by atoms with van der Waals surface area (Å²) in [6.07, 6.45) is 0.198. The first kappa shape index (κ1) is 21.0. The number of rotatable bonds is 7. The molecule has 1 amide bonds. The second-order valence-corrected chi connectivity index (χ2v) is 8.80. The van der Waals surface area contributed by atoms with Crippen LogP contribution in [0.25, 0.3) is 0 Å². The molecule has 0 saturated carbocycles. The number of thiophene rings is 1. The van der Waals surface area contributed by atoms with E-state index < -0.39 is 5.97 Å². The number of ether oxygens (including phenoxy) is 1. The Hall–Kier alpha value is -2.30. The highest BCUT2D eigenvalue weighted by molar-refractivity contribution is 7.99. The van der Waals surface area contributed by atoms with Crippen molar-refractivity contribution in [2.45, 2.75) is 44.3 Å². The van der Waals surface area contributed by atoms with Gasteiger partial charge >= 0.3 is 5.97 Å². The summed E-state index contributed by atoms with van der Waals surface area (Å²) in [5, 5.41) is 13.0. The van der Waals surface area contributed by atoms with Crippen molar-refractivity contribution in [1.82, 2.24) is 0 Å². The van der Waals surface area contributed by atoms with Crippen LogP contribution in [-0.4, -0.2) is 23.7 Å². The SMILES string of the molecule is CCOC(=O)c1sc(NC(=O)Cc2ccc(SC(C)C)cc2)c(C#N)c1C. The highest BCUT2D eigenvalue weighted by Gasteiger charge is 2.22. The van der Waals surface area contributed by atoms with E-state index in [-0.39, 0.29) is 18.9 Å². The molecule has 0 radical (unpaired) electrons. The summed E-state index contributed by atoms with van der Waals surface area (Å²) >= 11 is 2.84. The number of nitrogens with zero attached hydrogens (tertiary/aromatic N) is 1. The minimum absolute atomic E-state index is 0.198. The van der Waals surface area contributed by atoms with Crippen LogP contribution < -0.4 is 5.32 Å². The van der Waals surface area contributed by atoms with E-state index in [9.17, 15) is 14.9 Å². The largest absolute Gasteiger partial charge is 0.462 e. The van der Waals surface area contributed by atoms with Gasteiger partial charge < -0.3 is 10.1 Å². The molecule has 1 aromatic carbocycles. The van der Waals surface area contributed by atoms with Crippen LogP contribution in [0.4, 0.5) is 5.00 Å². The van der Waals surface area contributed by atoms with E-state index in [1.807, 2.05) is 24.3 Å². The summed E-state index contributed by atoms with van der Waals surface area (Å²) in [5.74, 6) is -0.706. The molecule has 7 heteroatoms. The molecule has 0 aliphatic carbocycles. The second-order valence-electron chi connectivity index (χ2n) is 6.13. The molecule has 0 aliphatic rings. The molecule has 27 heavy (non-hydrogen) atoms. The smallest absolute Gasteiger partial charge is 0.348 e. The van der Waals surface area contributed by atoms with Crippen molar-refractivity contribution in [3.05, 3.63) is 45.8 Å². The molecule has 1 heterocycles. The molecular weight excluding hydrogens is 380 g/mol. The minimum Gasteiger partial charge on any atom is -0.462 e. The maximum Gasteiger partial charge on any atom is 0.348 e. The minimum atomic E-state index is -0.477. The van der Waals surface area contributed by atoms with Gasteiger partial charge in [0.2, 0.25) is 5.91 Å². The highest BCUT2D eigenvalue weighted by atomic mass is 32.2. The van der Waals surface area contributed by atoms with Crippen LogP contribution in [0.5, 0.6) is 0 Å². The first-order valence-electron chi connectivity index (χ1n) is 8.61. The van der Waals surface area contributed by atoms with Crippen LogP contribution in [0.15, 0.2) is 29.2 Å². The van der Waals surface area contributed by atoms with Crippen molar-refractivity contribution < 1.29 is 14.3 Å². The molecule has 1 N–H and O–H groups in total. The van der Waals surface area contributed by atoms with Crippen molar-refractivity contribution >= 4 is 40.0 Å². The molecule has 0 fully saturated rings. The van der Waals surface area contributed by atoms with Gasteiger partial charge in [0.05, 0.1) is 18.6 Å². The predicted octanol–water partition coefficient (Wildman–Crippen LogP) is 4.79. The summed E-state index contributed by atoms with van der Waals surface area (Å²) in [5.41, 5.74) is 1.73. The first-order valence-corrected chi connectivity index (χ1v) is 10.3. The van der Waals surface area contributed by atoms with Crippen LogP contribution in [0.2, 0.25) is 0 Å². The Bertz CT molecular complexity index is 865. The number of nitrogens with one attached hydrogen (secondary N) is 1. The van der Waals surface area contributed by atoms with Crippen molar-refractivity contribution in [2.75, 3.05) is 11.9 Å². The number of thioether (sulfide) groups is 1. The fourth-order valence-electron chi connectivity index (χ4n) is 2.44. The van der Waals surface area contributed by atoms with Gasteiger partial charge in [0.15, 0.2) is 0 Å². The maximum atomic E-state index is 12.4. The second kappa shape index (κ2) is 9.58. The zero-order valence-corrected chi connectivity index (χ0v) is 17.4. The molecular formula is C20H22N2O3S2. The van der Waals surface area contributed by atoms with E-state index in [2.05, 4.69) is 25.2 Å². The molecule has 142 valence electrons. The third-order valence-corrected chi connectivity index (χ3v) is 5.84. The quantitative estimate of drug-likeness (QED) is 0.532. The maximum absolute atomic E-state index is 12.4. The number of anilines is 1. The van der Waals surface area contributed by atoms with Crippen molar-refractivity contribution in [1.29, 1.82) is 5.26 Å². The Morgan fingerprint density at radius 3 is 2.52 bits per heavy atom. The van der Waals surface area contributed by atoms with Crippen LogP contribution in [0.3, 0.4) is 0 Å². The van der Waals surface area contributed by atoms with Crippen LogP contribution in [0.1, 0.15) is 47.1 Å². The Kier molecular flexibility index (Phi) is 7.45. The number of esters is 1. The highest BCUT2D eigenvalue weighted by Crippen LogP contribution is 2.33. The molecule has 0 saturated heterocycles. The Balaban J connectivity index is 2.10. The molecule has 0 atom stereocenters. The number of hydrogen-bond donors (Lipinski definition) is 1. The first-order chi connectivity index (χ1) is 12.8. The molecule has 0 bridgehead atoms. The molecule has 2 rings (SSSR count). The summed E-state index contributed by atoms with van der Waals surface area (Å²) in [6.45, 7) is 7.92. The zero-order valence-electron chi connectivity index (χ0n) is 15.8. The van der Waals surface area contributed by atoms with Gasteiger partial charge in [-0.1, -0.05) is 26.0 Å². The lowest BCUT2D eigenvalue weighted by molar-refractivity contribution is -0.115. The van der Waals surface area contributed by atoms with Gasteiger partial charge in [0, 0.05) is 10.1 Å². The van der Waals surface area contributed by atoms with E-state index in [0.717, 1.165) is 21.8 Å².